The number of halogens is 2. The summed E-state index contributed by atoms with van der Waals surface area (Å²) in [6.45, 7) is 2.52. The summed E-state index contributed by atoms with van der Waals surface area (Å²) in [7, 11) is 1.55. The second kappa shape index (κ2) is 10.6. The van der Waals surface area contributed by atoms with Crippen molar-refractivity contribution in [3.63, 3.8) is 0 Å². The summed E-state index contributed by atoms with van der Waals surface area (Å²) in [5.74, 6) is 0.0956. The number of hydrogen-bond acceptors (Lipinski definition) is 4. The Morgan fingerprint density at radius 3 is 2.12 bits per heavy atom. The molecule has 140 valence electrons. The van der Waals surface area contributed by atoms with E-state index in [4.69, 9.17) is 22.1 Å². The highest BCUT2D eigenvalue weighted by molar-refractivity contribution is 6.30. The highest BCUT2D eigenvalue weighted by Crippen LogP contribution is 2.12. The van der Waals surface area contributed by atoms with Crippen molar-refractivity contribution in [3.8, 4) is 0 Å². The fourth-order valence-corrected chi connectivity index (χ4v) is 2.81. The van der Waals surface area contributed by atoms with E-state index in [0.717, 1.165) is 5.56 Å². The van der Waals surface area contributed by atoms with Crippen LogP contribution in [0.1, 0.15) is 12.0 Å². The molecule has 1 saturated heterocycles. The van der Waals surface area contributed by atoms with Crippen LogP contribution in [0.5, 0.6) is 0 Å². The van der Waals surface area contributed by atoms with Gasteiger partial charge in [0.2, 0.25) is 11.8 Å². The summed E-state index contributed by atoms with van der Waals surface area (Å²) in [5.41, 5.74) is 6.49. The average molecular weight is 390 g/mol. The molecule has 0 saturated carbocycles. The fraction of sp³-hybridized carbons (Fsp3) is 0.529. The Kier molecular flexibility index (Phi) is 9.21. The van der Waals surface area contributed by atoms with E-state index in [1.165, 1.54) is 0 Å². The highest BCUT2D eigenvalue weighted by atomic mass is 35.5. The number of ether oxygens (including phenoxy) is 1. The molecule has 1 atom stereocenters. The molecule has 25 heavy (non-hydrogen) atoms. The van der Waals surface area contributed by atoms with Gasteiger partial charge in [-0.3, -0.25) is 9.59 Å². The summed E-state index contributed by atoms with van der Waals surface area (Å²) in [6.07, 6.45) is 0.387. The fourth-order valence-electron chi connectivity index (χ4n) is 2.68. The molecule has 1 aromatic rings. The van der Waals surface area contributed by atoms with E-state index in [1.807, 2.05) is 12.1 Å². The largest absolute Gasteiger partial charge is 0.380 e. The molecule has 1 unspecified atom stereocenters. The third-order valence-electron chi connectivity index (χ3n) is 4.25. The van der Waals surface area contributed by atoms with E-state index in [-0.39, 0.29) is 36.7 Å². The minimum atomic E-state index is -0.248. The van der Waals surface area contributed by atoms with Crippen molar-refractivity contribution < 1.29 is 14.3 Å². The standard InChI is InChI=1S/C17H24ClN3O3.ClH/c1-24-15(12-19)11-17(23)21-8-6-20(7-9-21)16(22)10-13-2-4-14(18)5-3-13;/h2-5,15H,6-12,19H2,1H3;1H. The summed E-state index contributed by atoms with van der Waals surface area (Å²) >= 11 is 5.85. The Balaban J connectivity index is 0.00000312. The van der Waals surface area contributed by atoms with Gasteiger partial charge >= 0.3 is 0 Å². The Morgan fingerprint density at radius 2 is 1.64 bits per heavy atom. The van der Waals surface area contributed by atoms with Crippen LogP contribution in [-0.4, -0.2) is 67.6 Å². The SMILES string of the molecule is COC(CN)CC(=O)N1CCN(C(=O)Cc2ccc(Cl)cc2)CC1.Cl. The number of rotatable bonds is 6. The molecule has 1 aliphatic heterocycles. The minimum absolute atomic E-state index is 0. The normalized spacial score (nSPS) is 15.5. The van der Waals surface area contributed by atoms with Gasteiger partial charge < -0.3 is 20.3 Å². The van der Waals surface area contributed by atoms with Gasteiger partial charge in [-0.1, -0.05) is 23.7 Å². The molecule has 1 aliphatic rings. The van der Waals surface area contributed by atoms with E-state index < -0.39 is 0 Å². The number of hydrogen-bond donors (Lipinski definition) is 1. The van der Waals surface area contributed by atoms with Crippen molar-refractivity contribution in [1.82, 2.24) is 9.80 Å². The zero-order valence-corrected chi connectivity index (χ0v) is 15.9. The van der Waals surface area contributed by atoms with Crippen LogP contribution in [0.25, 0.3) is 0 Å². The first-order valence-corrected chi connectivity index (χ1v) is 8.44. The van der Waals surface area contributed by atoms with Gasteiger partial charge in [-0.15, -0.1) is 12.4 Å². The van der Waals surface area contributed by atoms with Gasteiger partial charge in [0.1, 0.15) is 0 Å². The maximum absolute atomic E-state index is 12.4. The average Bonchev–Trinajstić information content (AvgIpc) is 2.61. The second-order valence-electron chi connectivity index (χ2n) is 5.86. The topological polar surface area (TPSA) is 75.9 Å². The molecular formula is C17H25Cl2N3O3. The number of benzene rings is 1. The van der Waals surface area contributed by atoms with Gasteiger partial charge in [-0.05, 0) is 17.7 Å². The highest BCUT2D eigenvalue weighted by Gasteiger charge is 2.25. The molecule has 0 bridgehead atoms. The predicted octanol–water partition coefficient (Wildman–Crippen LogP) is 1.34. The van der Waals surface area contributed by atoms with Crippen molar-refractivity contribution >= 4 is 35.8 Å². The first kappa shape index (κ1) is 21.7. The molecule has 1 aromatic carbocycles. The first-order chi connectivity index (χ1) is 11.5. The molecule has 6 nitrogen and oxygen atoms in total. The van der Waals surface area contributed by atoms with Gasteiger partial charge in [0.05, 0.1) is 18.9 Å². The number of amides is 2. The summed E-state index contributed by atoms with van der Waals surface area (Å²) in [4.78, 5) is 28.1. The van der Waals surface area contributed by atoms with Crippen LogP contribution in [0, 0.1) is 0 Å². The Bertz CT molecular complexity index is 557. The van der Waals surface area contributed by atoms with Crippen molar-refractivity contribution in [2.75, 3.05) is 39.8 Å². The zero-order valence-electron chi connectivity index (χ0n) is 14.3. The first-order valence-electron chi connectivity index (χ1n) is 8.06. The lowest BCUT2D eigenvalue weighted by Gasteiger charge is -2.35. The van der Waals surface area contributed by atoms with E-state index >= 15 is 0 Å². The van der Waals surface area contributed by atoms with Gasteiger partial charge in [-0.2, -0.15) is 0 Å². The van der Waals surface area contributed by atoms with Crippen LogP contribution in [0.2, 0.25) is 5.02 Å². The number of carbonyl (C=O) groups excluding carboxylic acids is 2. The maximum Gasteiger partial charge on any atom is 0.227 e. The van der Waals surface area contributed by atoms with E-state index in [0.29, 0.717) is 44.2 Å². The molecule has 0 aromatic heterocycles. The number of nitrogens with zero attached hydrogens (tertiary/aromatic N) is 2. The van der Waals surface area contributed by atoms with Crippen LogP contribution in [0.3, 0.4) is 0 Å². The lowest BCUT2D eigenvalue weighted by atomic mass is 10.1. The van der Waals surface area contributed by atoms with Gasteiger partial charge in [0.25, 0.3) is 0 Å². The van der Waals surface area contributed by atoms with Gasteiger partial charge in [0, 0.05) is 44.9 Å². The third-order valence-corrected chi connectivity index (χ3v) is 4.50. The molecule has 1 heterocycles. The molecule has 8 heteroatoms. The Hall–Kier alpha value is -1.34. The molecule has 0 spiro atoms. The third kappa shape index (κ3) is 6.47. The molecule has 2 N–H and O–H groups in total. The molecule has 1 fully saturated rings. The van der Waals surface area contributed by atoms with Crippen LogP contribution < -0.4 is 5.73 Å². The predicted molar refractivity (Wildman–Crippen MR) is 100 cm³/mol. The summed E-state index contributed by atoms with van der Waals surface area (Å²) < 4.78 is 5.15. The van der Waals surface area contributed by atoms with Crippen molar-refractivity contribution in [1.29, 1.82) is 0 Å². The summed E-state index contributed by atoms with van der Waals surface area (Å²) in [6, 6.07) is 7.28. The van der Waals surface area contributed by atoms with E-state index in [1.54, 1.807) is 29.0 Å². The van der Waals surface area contributed by atoms with Gasteiger partial charge in [-0.25, -0.2) is 0 Å². The smallest absolute Gasteiger partial charge is 0.227 e. The van der Waals surface area contributed by atoms with Crippen LogP contribution in [0.15, 0.2) is 24.3 Å². The van der Waals surface area contributed by atoms with Crippen LogP contribution in [0.4, 0.5) is 0 Å². The lowest BCUT2D eigenvalue weighted by Crippen LogP contribution is -2.51. The molecular weight excluding hydrogens is 365 g/mol. The molecule has 2 amide bonds. The van der Waals surface area contributed by atoms with E-state index in [2.05, 4.69) is 0 Å². The summed E-state index contributed by atoms with van der Waals surface area (Å²) in [5, 5.41) is 0.658. The quantitative estimate of drug-likeness (QED) is 0.796. The van der Waals surface area contributed by atoms with Crippen LogP contribution in [-0.2, 0) is 20.7 Å². The van der Waals surface area contributed by atoms with Crippen molar-refractivity contribution in [3.05, 3.63) is 34.9 Å². The number of nitrogens with two attached hydrogens (primary N) is 1. The van der Waals surface area contributed by atoms with Crippen molar-refractivity contribution in [2.45, 2.75) is 18.9 Å². The Morgan fingerprint density at radius 1 is 1.12 bits per heavy atom. The minimum Gasteiger partial charge on any atom is -0.380 e. The van der Waals surface area contributed by atoms with Crippen molar-refractivity contribution in [2.24, 2.45) is 5.73 Å². The Labute approximate surface area is 159 Å². The molecule has 0 aliphatic carbocycles. The number of carbonyl (C=O) groups is 2. The number of piperazine rings is 1. The van der Waals surface area contributed by atoms with Gasteiger partial charge in [0.15, 0.2) is 0 Å². The number of methoxy groups -OCH3 is 1. The second-order valence-corrected chi connectivity index (χ2v) is 6.30. The van der Waals surface area contributed by atoms with E-state index in [9.17, 15) is 9.59 Å². The van der Waals surface area contributed by atoms with Crippen LogP contribution >= 0.6 is 24.0 Å². The zero-order chi connectivity index (χ0) is 17.5. The molecule has 2 rings (SSSR count). The monoisotopic (exact) mass is 389 g/mol. The lowest BCUT2D eigenvalue weighted by molar-refractivity contribution is -0.140. The maximum atomic E-state index is 12.4. The molecule has 0 radical (unpaired) electrons.